The third kappa shape index (κ3) is 4.42. The van der Waals surface area contributed by atoms with Crippen molar-refractivity contribution in [3.05, 3.63) is 52.8 Å². The number of rotatable bonds is 6. The van der Waals surface area contributed by atoms with Gasteiger partial charge in [0.2, 0.25) is 11.9 Å². The van der Waals surface area contributed by atoms with Crippen LogP contribution in [-0.2, 0) is 11.3 Å². The van der Waals surface area contributed by atoms with Gasteiger partial charge in [-0.3, -0.25) is 9.59 Å². The smallest absolute Gasteiger partial charge is 0.272 e. The Labute approximate surface area is 144 Å². The lowest BCUT2D eigenvalue weighted by molar-refractivity contribution is -0.122. The van der Waals surface area contributed by atoms with Crippen molar-refractivity contribution in [2.45, 2.75) is 25.9 Å². The molecule has 1 heterocycles. The lowest BCUT2D eigenvalue weighted by atomic mass is 10.1. The van der Waals surface area contributed by atoms with Crippen LogP contribution in [0.1, 0.15) is 29.9 Å². The summed E-state index contributed by atoms with van der Waals surface area (Å²) >= 11 is 5.99. The molecule has 8 heteroatoms. The first kappa shape index (κ1) is 17.7. The molecule has 24 heavy (non-hydrogen) atoms. The molecular weight excluding hydrogens is 330 g/mol. The van der Waals surface area contributed by atoms with Gasteiger partial charge in [-0.25, -0.2) is 9.97 Å². The van der Waals surface area contributed by atoms with E-state index in [-0.39, 0.29) is 16.7 Å². The lowest BCUT2D eigenvalue weighted by Crippen LogP contribution is -2.53. The van der Waals surface area contributed by atoms with Gasteiger partial charge >= 0.3 is 0 Å². The number of nitrogens with two attached hydrogens (primary N) is 1. The van der Waals surface area contributed by atoms with Crippen molar-refractivity contribution in [1.82, 2.24) is 15.3 Å². The van der Waals surface area contributed by atoms with Gasteiger partial charge in [-0.1, -0.05) is 41.9 Å². The number of halogens is 1. The molecule has 0 aliphatic carbocycles. The molecule has 0 atom stereocenters. The van der Waals surface area contributed by atoms with Crippen LogP contribution >= 0.6 is 11.6 Å². The Morgan fingerprint density at radius 3 is 2.54 bits per heavy atom. The number of aromatic nitrogens is 2. The fourth-order valence-corrected chi connectivity index (χ4v) is 1.97. The minimum absolute atomic E-state index is 0.0310. The predicted molar refractivity (Wildman–Crippen MR) is 91.6 cm³/mol. The quantitative estimate of drug-likeness (QED) is 0.737. The predicted octanol–water partition coefficient (Wildman–Crippen LogP) is 1.74. The molecule has 0 saturated heterocycles. The van der Waals surface area contributed by atoms with Crippen molar-refractivity contribution in [1.29, 1.82) is 0 Å². The molecule has 1 aromatic heterocycles. The van der Waals surface area contributed by atoms with Gasteiger partial charge in [0, 0.05) is 6.54 Å². The highest BCUT2D eigenvalue weighted by Crippen LogP contribution is 2.16. The zero-order valence-corrected chi connectivity index (χ0v) is 14.1. The summed E-state index contributed by atoms with van der Waals surface area (Å²) in [6.07, 6.45) is 1.33. The molecule has 0 unspecified atom stereocenters. The first-order chi connectivity index (χ1) is 11.3. The number of benzene rings is 1. The minimum atomic E-state index is -1.22. The minimum Gasteiger partial charge on any atom is -0.368 e. The second-order valence-corrected chi connectivity index (χ2v) is 6.08. The highest BCUT2D eigenvalue weighted by atomic mass is 35.5. The van der Waals surface area contributed by atoms with Crippen LogP contribution in [0.5, 0.6) is 0 Å². The molecule has 2 amide bonds. The van der Waals surface area contributed by atoms with Crippen molar-refractivity contribution in [3.63, 3.8) is 0 Å². The normalized spacial score (nSPS) is 11.0. The van der Waals surface area contributed by atoms with Gasteiger partial charge in [-0.05, 0) is 19.4 Å². The van der Waals surface area contributed by atoms with E-state index in [1.54, 1.807) is 0 Å². The second kappa shape index (κ2) is 7.27. The molecular formula is C16H18ClN5O2. The summed E-state index contributed by atoms with van der Waals surface area (Å²) in [4.78, 5) is 31.8. The third-order valence-corrected chi connectivity index (χ3v) is 3.57. The molecule has 2 aromatic rings. The van der Waals surface area contributed by atoms with Crippen LogP contribution in [0.3, 0.4) is 0 Å². The molecule has 0 bridgehead atoms. The number of nitrogens with zero attached hydrogens (tertiary/aromatic N) is 2. The molecule has 7 nitrogen and oxygen atoms in total. The molecule has 126 valence electrons. The first-order valence-electron chi connectivity index (χ1n) is 7.22. The zero-order chi connectivity index (χ0) is 17.7. The number of hydrogen-bond donors (Lipinski definition) is 3. The van der Waals surface area contributed by atoms with E-state index in [9.17, 15) is 9.59 Å². The number of hydrogen-bond acceptors (Lipinski definition) is 5. The maximum Gasteiger partial charge on any atom is 0.272 e. The molecule has 0 spiro atoms. The van der Waals surface area contributed by atoms with Crippen LogP contribution in [0.25, 0.3) is 0 Å². The van der Waals surface area contributed by atoms with Crippen molar-refractivity contribution in [2.24, 2.45) is 5.73 Å². The summed E-state index contributed by atoms with van der Waals surface area (Å²) in [5.41, 5.74) is 5.03. The Balaban J connectivity index is 2.13. The Hall–Kier alpha value is -2.67. The largest absolute Gasteiger partial charge is 0.368 e. The van der Waals surface area contributed by atoms with Crippen LogP contribution in [0, 0.1) is 0 Å². The van der Waals surface area contributed by atoms with E-state index in [1.807, 2.05) is 30.3 Å². The lowest BCUT2D eigenvalue weighted by Gasteiger charge is -2.22. The topological polar surface area (TPSA) is 110 Å². The summed E-state index contributed by atoms with van der Waals surface area (Å²) in [7, 11) is 0. The van der Waals surface area contributed by atoms with E-state index in [4.69, 9.17) is 17.3 Å². The van der Waals surface area contributed by atoms with Crippen LogP contribution < -0.4 is 16.4 Å². The van der Waals surface area contributed by atoms with E-state index in [0.29, 0.717) is 6.54 Å². The van der Waals surface area contributed by atoms with Crippen molar-refractivity contribution < 1.29 is 9.59 Å². The monoisotopic (exact) mass is 347 g/mol. The van der Waals surface area contributed by atoms with Gasteiger partial charge in [-0.2, -0.15) is 0 Å². The van der Waals surface area contributed by atoms with Crippen molar-refractivity contribution in [3.8, 4) is 0 Å². The maximum absolute atomic E-state index is 12.3. The van der Waals surface area contributed by atoms with E-state index in [0.717, 1.165) is 5.56 Å². The van der Waals surface area contributed by atoms with Crippen LogP contribution in [0.15, 0.2) is 36.5 Å². The number of anilines is 1. The molecule has 0 fully saturated rings. The van der Waals surface area contributed by atoms with Gasteiger partial charge in [0.05, 0.1) is 11.2 Å². The number of carbonyl (C=O) groups excluding carboxylic acids is 2. The Kier molecular flexibility index (Phi) is 5.35. The molecule has 0 saturated carbocycles. The number of carbonyl (C=O) groups is 2. The van der Waals surface area contributed by atoms with E-state index in [1.165, 1.54) is 20.0 Å². The third-order valence-electron chi connectivity index (χ3n) is 3.29. The Morgan fingerprint density at radius 2 is 1.92 bits per heavy atom. The summed E-state index contributed by atoms with van der Waals surface area (Å²) in [6.45, 7) is 3.49. The van der Waals surface area contributed by atoms with Gasteiger partial charge in [0.1, 0.15) is 5.54 Å². The van der Waals surface area contributed by atoms with Crippen molar-refractivity contribution in [2.75, 3.05) is 5.32 Å². The number of primary amides is 1. The molecule has 2 rings (SSSR count). The summed E-state index contributed by atoms with van der Waals surface area (Å²) in [5.74, 6) is -1.01. The highest BCUT2D eigenvalue weighted by molar-refractivity contribution is 6.33. The fourth-order valence-electron chi connectivity index (χ4n) is 1.79. The average molecular weight is 348 g/mol. The van der Waals surface area contributed by atoms with Crippen LogP contribution in [0.4, 0.5) is 5.95 Å². The standard InChI is InChI=1S/C16H18ClN5O2/c1-16(2,14(18)24)22-13(23)12-11(17)9-20-15(21-12)19-8-10-6-4-3-5-7-10/h3-7,9H,8H2,1-2H3,(H2,18,24)(H,22,23)(H,19,20,21). The summed E-state index contributed by atoms with van der Waals surface area (Å²) < 4.78 is 0. The molecule has 0 radical (unpaired) electrons. The molecule has 1 aromatic carbocycles. The fraction of sp³-hybridized carbons (Fsp3) is 0.250. The Morgan fingerprint density at radius 1 is 1.25 bits per heavy atom. The van der Waals surface area contributed by atoms with E-state index >= 15 is 0 Å². The van der Waals surface area contributed by atoms with Gasteiger partial charge in [0.15, 0.2) is 5.69 Å². The zero-order valence-electron chi connectivity index (χ0n) is 13.3. The molecule has 0 aliphatic rings. The maximum atomic E-state index is 12.3. The number of amides is 2. The molecule has 0 aliphatic heterocycles. The molecule has 4 N–H and O–H groups in total. The SMILES string of the molecule is CC(C)(NC(=O)c1nc(NCc2ccccc2)ncc1Cl)C(N)=O. The Bertz CT molecular complexity index is 749. The second-order valence-electron chi connectivity index (χ2n) is 5.67. The van der Waals surface area contributed by atoms with Gasteiger partial charge in [0.25, 0.3) is 5.91 Å². The highest BCUT2D eigenvalue weighted by Gasteiger charge is 2.28. The summed E-state index contributed by atoms with van der Waals surface area (Å²) in [6, 6.07) is 9.66. The summed E-state index contributed by atoms with van der Waals surface area (Å²) in [5, 5.41) is 5.60. The van der Waals surface area contributed by atoms with Crippen LogP contribution in [-0.4, -0.2) is 27.3 Å². The first-order valence-corrected chi connectivity index (χ1v) is 7.60. The van der Waals surface area contributed by atoms with Crippen molar-refractivity contribution >= 4 is 29.4 Å². The van der Waals surface area contributed by atoms with Gasteiger partial charge < -0.3 is 16.4 Å². The average Bonchev–Trinajstić information content (AvgIpc) is 2.54. The van der Waals surface area contributed by atoms with E-state index < -0.39 is 17.4 Å². The van der Waals surface area contributed by atoms with E-state index in [2.05, 4.69) is 20.6 Å². The van der Waals surface area contributed by atoms with Crippen LogP contribution in [0.2, 0.25) is 5.02 Å². The number of nitrogens with one attached hydrogen (secondary N) is 2. The van der Waals surface area contributed by atoms with Gasteiger partial charge in [-0.15, -0.1) is 0 Å².